The zero-order chi connectivity index (χ0) is 25.8. The van der Waals surface area contributed by atoms with E-state index in [4.69, 9.17) is 9.47 Å². The number of ether oxygens (including phenoxy) is 2. The lowest BCUT2D eigenvalue weighted by molar-refractivity contribution is 0.0240. The van der Waals surface area contributed by atoms with E-state index in [1.54, 1.807) is 35.4 Å². The van der Waals surface area contributed by atoms with Gasteiger partial charge in [-0.05, 0) is 56.2 Å². The molecular formula is C26H33FN4O4. The number of carbonyl (C=O) groups excluding carboxylic acids is 1. The number of halogens is 1. The lowest BCUT2D eigenvalue weighted by atomic mass is 10.1. The summed E-state index contributed by atoms with van der Waals surface area (Å²) in [6, 6.07) is 9.67. The van der Waals surface area contributed by atoms with Crippen LogP contribution in [0.5, 0.6) is 5.75 Å². The Labute approximate surface area is 204 Å². The molecule has 8 nitrogen and oxygen atoms in total. The Bertz CT molecular complexity index is 1240. The maximum absolute atomic E-state index is 14.1. The van der Waals surface area contributed by atoms with Crippen LogP contribution in [0.2, 0.25) is 0 Å². The van der Waals surface area contributed by atoms with E-state index in [0.717, 1.165) is 0 Å². The molecule has 1 aliphatic rings. The Morgan fingerprint density at radius 3 is 2.26 bits per heavy atom. The van der Waals surface area contributed by atoms with Gasteiger partial charge in [0, 0.05) is 38.4 Å². The molecule has 188 valence electrons. The number of anilines is 1. The molecule has 3 aromatic rings. The molecule has 1 saturated heterocycles. The van der Waals surface area contributed by atoms with Crippen molar-refractivity contribution in [3.05, 3.63) is 58.8 Å². The van der Waals surface area contributed by atoms with Gasteiger partial charge >= 0.3 is 6.09 Å². The molecule has 0 spiro atoms. The summed E-state index contributed by atoms with van der Waals surface area (Å²) in [5.41, 5.74) is 1.03. The van der Waals surface area contributed by atoms with Crippen molar-refractivity contribution >= 4 is 17.6 Å². The van der Waals surface area contributed by atoms with E-state index in [0.29, 0.717) is 48.8 Å². The van der Waals surface area contributed by atoms with Gasteiger partial charge in [-0.25, -0.2) is 14.2 Å². The number of hydrogen-bond acceptors (Lipinski definition) is 6. The van der Waals surface area contributed by atoms with E-state index in [9.17, 15) is 14.0 Å². The Hall–Kier alpha value is -3.62. The van der Waals surface area contributed by atoms with E-state index in [1.807, 2.05) is 39.5 Å². The fourth-order valence-electron chi connectivity index (χ4n) is 3.71. The van der Waals surface area contributed by atoms with Crippen molar-refractivity contribution in [3.63, 3.8) is 0 Å². The topological polar surface area (TPSA) is 76.4 Å². The van der Waals surface area contributed by atoms with E-state index < -0.39 is 11.4 Å². The summed E-state index contributed by atoms with van der Waals surface area (Å²) in [4.78, 5) is 33.4. The number of piperazine rings is 1. The molecule has 0 saturated carbocycles. The van der Waals surface area contributed by atoms with Crippen LogP contribution in [0.25, 0.3) is 16.8 Å². The van der Waals surface area contributed by atoms with Crippen molar-refractivity contribution < 1.29 is 18.7 Å². The molecule has 0 radical (unpaired) electrons. The third-order valence-corrected chi connectivity index (χ3v) is 5.39. The standard InChI is InChI=1S/C24H27FN4O4.C2H6/c1-24(2,3)33-23(31)28-11-9-27(10-12-28)21-14-22(30)29-15-17(6-8-20(29)26-21)16-5-7-19(32-4)18(25)13-16;1-2/h5-8,13-15H,9-12H2,1-4H3;1-2H3. The van der Waals surface area contributed by atoms with E-state index in [2.05, 4.69) is 4.98 Å². The minimum absolute atomic E-state index is 0.162. The van der Waals surface area contributed by atoms with Gasteiger partial charge in [0.05, 0.1) is 7.11 Å². The van der Waals surface area contributed by atoms with Gasteiger partial charge in [-0.1, -0.05) is 19.9 Å². The van der Waals surface area contributed by atoms with Crippen molar-refractivity contribution in [2.45, 2.75) is 40.2 Å². The first-order valence-corrected chi connectivity index (χ1v) is 11.7. The van der Waals surface area contributed by atoms with Gasteiger partial charge in [0.2, 0.25) is 0 Å². The first-order chi connectivity index (χ1) is 16.6. The highest BCUT2D eigenvalue weighted by Gasteiger charge is 2.26. The summed E-state index contributed by atoms with van der Waals surface area (Å²) < 4.78 is 25.9. The van der Waals surface area contributed by atoms with Crippen LogP contribution in [0.15, 0.2) is 47.4 Å². The zero-order valence-electron chi connectivity index (χ0n) is 21.2. The first-order valence-electron chi connectivity index (χ1n) is 11.7. The number of hydrogen-bond donors (Lipinski definition) is 0. The lowest BCUT2D eigenvalue weighted by Crippen LogP contribution is -2.50. The zero-order valence-corrected chi connectivity index (χ0v) is 21.2. The van der Waals surface area contributed by atoms with Gasteiger partial charge in [0.25, 0.3) is 5.56 Å². The number of pyridine rings is 1. The van der Waals surface area contributed by atoms with E-state index in [1.165, 1.54) is 23.6 Å². The number of aromatic nitrogens is 2. The average Bonchev–Trinajstić information content (AvgIpc) is 2.84. The first kappa shape index (κ1) is 26.0. The van der Waals surface area contributed by atoms with Crippen molar-refractivity contribution in [2.24, 2.45) is 0 Å². The maximum Gasteiger partial charge on any atom is 0.410 e. The second-order valence-electron chi connectivity index (χ2n) is 8.90. The highest BCUT2D eigenvalue weighted by atomic mass is 19.1. The van der Waals surface area contributed by atoms with Crippen molar-refractivity contribution in [1.29, 1.82) is 0 Å². The van der Waals surface area contributed by atoms with E-state index in [-0.39, 0.29) is 17.4 Å². The number of nitrogens with zero attached hydrogens (tertiary/aromatic N) is 4. The van der Waals surface area contributed by atoms with Crippen molar-refractivity contribution in [2.75, 3.05) is 38.2 Å². The largest absolute Gasteiger partial charge is 0.494 e. The Morgan fingerprint density at radius 1 is 1.00 bits per heavy atom. The Kier molecular flexibility index (Phi) is 7.99. The number of fused-ring (bicyclic) bond motifs is 1. The predicted molar refractivity (Wildman–Crippen MR) is 135 cm³/mol. The number of rotatable bonds is 3. The second kappa shape index (κ2) is 10.8. The lowest BCUT2D eigenvalue weighted by Gasteiger charge is -2.36. The number of benzene rings is 1. The fraction of sp³-hybridized carbons (Fsp3) is 0.423. The van der Waals surface area contributed by atoms with Crippen LogP contribution < -0.4 is 15.2 Å². The third kappa shape index (κ3) is 6.09. The van der Waals surface area contributed by atoms with Gasteiger partial charge in [0.1, 0.15) is 17.1 Å². The van der Waals surface area contributed by atoms with Crippen molar-refractivity contribution in [3.8, 4) is 16.9 Å². The van der Waals surface area contributed by atoms with Crippen LogP contribution in [-0.4, -0.2) is 59.3 Å². The summed E-state index contributed by atoms with van der Waals surface area (Å²) in [6.45, 7) is 11.6. The molecular weight excluding hydrogens is 451 g/mol. The quantitative estimate of drug-likeness (QED) is 0.541. The van der Waals surface area contributed by atoms with E-state index >= 15 is 0 Å². The van der Waals surface area contributed by atoms with Gasteiger partial charge in [0.15, 0.2) is 11.6 Å². The maximum atomic E-state index is 14.1. The molecule has 1 aromatic carbocycles. The number of methoxy groups -OCH3 is 1. The number of carbonyl (C=O) groups is 1. The molecule has 1 aliphatic heterocycles. The minimum atomic E-state index is -0.542. The molecule has 35 heavy (non-hydrogen) atoms. The van der Waals surface area contributed by atoms with Gasteiger partial charge in [-0.2, -0.15) is 0 Å². The Morgan fingerprint density at radius 2 is 1.66 bits per heavy atom. The summed E-state index contributed by atoms with van der Waals surface area (Å²) in [5, 5.41) is 0. The molecule has 2 aromatic heterocycles. The normalized spacial score (nSPS) is 13.8. The molecule has 0 atom stereocenters. The second-order valence-corrected chi connectivity index (χ2v) is 8.90. The molecule has 0 unspecified atom stereocenters. The van der Waals surface area contributed by atoms with Crippen LogP contribution in [0.3, 0.4) is 0 Å². The molecule has 3 heterocycles. The smallest absolute Gasteiger partial charge is 0.410 e. The van der Waals surface area contributed by atoms with Crippen LogP contribution in [0.1, 0.15) is 34.6 Å². The molecule has 0 bridgehead atoms. The Balaban J connectivity index is 0.00000167. The van der Waals surface area contributed by atoms with Crippen LogP contribution >= 0.6 is 0 Å². The van der Waals surface area contributed by atoms with Gasteiger partial charge in [-0.3, -0.25) is 9.20 Å². The fourth-order valence-corrected chi connectivity index (χ4v) is 3.71. The van der Waals surface area contributed by atoms with Gasteiger partial charge < -0.3 is 19.3 Å². The van der Waals surface area contributed by atoms with Crippen molar-refractivity contribution in [1.82, 2.24) is 14.3 Å². The molecule has 9 heteroatoms. The number of amides is 1. The minimum Gasteiger partial charge on any atom is -0.494 e. The van der Waals surface area contributed by atoms with Gasteiger partial charge in [-0.15, -0.1) is 0 Å². The summed E-state index contributed by atoms with van der Waals surface area (Å²) >= 11 is 0. The molecule has 1 amide bonds. The van der Waals surface area contributed by atoms with Crippen LogP contribution in [0, 0.1) is 5.82 Å². The third-order valence-electron chi connectivity index (χ3n) is 5.39. The molecule has 0 N–H and O–H groups in total. The molecule has 4 rings (SSSR count). The average molecular weight is 485 g/mol. The summed E-state index contributed by atoms with van der Waals surface area (Å²) in [7, 11) is 1.41. The van der Waals surface area contributed by atoms with Crippen LogP contribution in [0.4, 0.5) is 15.0 Å². The highest BCUT2D eigenvalue weighted by molar-refractivity contribution is 5.69. The highest BCUT2D eigenvalue weighted by Crippen LogP contribution is 2.26. The molecule has 1 fully saturated rings. The molecule has 0 aliphatic carbocycles. The van der Waals surface area contributed by atoms with Crippen LogP contribution in [-0.2, 0) is 4.74 Å². The monoisotopic (exact) mass is 484 g/mol. The summed E-state index contributed by atoms with van der Waals surface area (Å²) in [5.74, 6) is 0.253. The predicted octanol–water partition coefficient (Wildman–Crippen LogP) is 4.59. The SMILES string of the molecule is CC.COc1ccc(-c2ccc3nc(N4CCN(C(=O)OC(C)(C)C)CC4)cc(=O)n3c2)cc1F. The summed E-state index contributed by atoms with van der Waals surface area (Å²) in [6.07, 6.45) is 1.31.